The van der Waals surface area contributed by atoms with Crippen LogP contribution < -0.4 is 4.74 Å². The van der Waals surface area contributed by atoms with Gasteiger partial charge in [-0.2, -0.15) is 0 Å². The third-order valence-electron chi connectivity index (χ3n) is 7.54. The molecular formula is C34H37O3S+. The molecule has 2 aliphatic carbocycles. The van der Waals surface area contributed by atoms with Crippen LogP contribution in [0.15, 0.2) is 87.5 Å². The Morgan fingerprint density at radius 1 is 0.842 bits per heavy atom. The number of rotatable bonds is 7. The summed E-state index contributed by atoms with van der Waals surface area (Å²) in [5.41, 5.74) is 1.42. The Kier molecular flexibility index (Phi) is 8.45. The third-order valence-corrected chi connectivity index (χ3v) is 9.74. The van der Waals surface area contributed by atoms with Gasteiger partial charge in [0.2, 0.25) is 0 Å². The highest BCUT2D eigenvalue weighted by Gasteiger charge is 2.36. The maximum atomic E-state index is 12.9. The van der Waals surface area contributed by atoms with E-state index in [-0.39, 0.29) is 23.5 Å². The van der Waals surface area contributed by atoms with Crippen LogP contribution in [0.5, 0.6) is 5.75 Å². The molecule has 0 aliphatic heterocycles. The summed E-state index contributed by atoms with van der Waals surface area (Å²) in [6.07, 6.45) is 8.62. The van der Waals surface area contributed by atoms with Gasteiger partial charge in [0, 0.05) is 18.1 Å². The van der Waals surface area contributed by atoms with Gasteiger partial charge in [-0.1, -0.05) is 61.1 Å². The van der Waals surface area contributed by atoms with Crippen molar-refractivity contribution in [3.05, 3.63) is 83.9 Å². The number of benzene rings is 3. The van der Waals surface area contributed by atoms with Crippen molar-refractivity contribution in [3.8, 4) is 17.6 Å². The Morgan fingerprint density at radius 3 is 1.95 bits per heavy atom. The molecular weight excluding hydrogens is 488 g/mol. The van der Waals surface area contributed by atoms with E-state index in [0.717, 1.165) is 42.6 Å². The molecule has 5 rings (SSSR count). The van der Waals surface area contributed by atoms with Gasteiger partial charge in [0.25, 0.3) is 0 Å². The van der Waals surface area contributed by atoms with Crippen molar-refractivity contribution in [2.45, 2.75) is 85.5 Å². The lowest BCUT2D eigenvalue weighted by molar-refractivity contribution is -0.156. The summed E-state index contributed by atoms with van der Waals surface area (Å²) in [4.78, 5) is 16.7. The maximum Gasteiger partial charge on any atom is 0.345 e. The molecule has 2 aliphatic rings. The molecule has 3 nitrogen and oxygen atoms in total. The van der Waals surface area contributed by atoms with Gasteiger partial charge in [0.15, 0.2) is 26.9 Å². The van der Waals surface area contributed by atoms with Gasteiger partial charge < -0.3 is 9.47 Å². The Bertz CT molecular complexity index is 1230. The van der Waals surface area contributed by atoms with Crippen LogP contribution in [0.4, 0.5) is 0 Å². The standard InChI is InChI=1S/C34H37O3S/c1-26-23-31(38(29-15-5-3-6-16-29)30-17-7-4-8-18-30)24-27(2)33(26)36-25-32(35)37-34(20-11-12-21-34)22-19-28-13-9-10-14-28/h3-8,15-18,23-24,28H,9-14,20-21,25H2,1-2H3/q+1. The molecule has 0 N–H and O–H groups in total. The molecule has 3 aromatic carbocycles. The molecule has 0 bridgehead atoms. The predicted molar refractivity (Wildman–Crippen MR) is 153 cm³/mol. The van der Waals surface area contributed by atoms with E-state index in [9.17, 15) is 4.79 Å². The zero-order valence-corrected chi connectivity index (χ0v) is 23.3. The largest absolute Gasteiger partial charge is 0.481 e. The highest BCUT2D eigenvalue weighted by atomic mass is 32.2. The molecule has 2 fully saturated rings. The summed E-state index contributed by atoms with van der Waals surface area (Å²) in [5.74, 6) is 7.72. The fourth-order valence-corrected chi connectivity index (χ4v) is 7.92. The van der Waals surface area contributed by atoms with Crippen molar-refractivity contribution in [1.82, 2.24) is 0 Å². The van der Waals surface area contributed by atoms with E-state index >= 15 is 0 Å². The summed E-state index contributed by atoms with van der Waals surface area (Å²) in [7, 11) is -0.231. The molecule has 196 valence electrons. The van der Waals surface area contributed by atoms with E-state index in [0.29, 0.717) is 5.92 Å². The molecule has 0 aromatic heterocycles. The first-order valence-electron chi connectivity index (χ1n) is 13.9. The lowest BCUT2D eigenvalue weighted by Gasteiger charge is -2.24. The number of aryl methyl sites for hydroxylation is 2. The minimum atomic E-state index is -0.628. The number of ether oxygens (including phenoxy) is 2. The monoisotopic (exact) mass is 525 g/mol. The summed E-state index contributed by atoms with van der Waals surface area (Å²) in [5, 5.41) is 0. The van der Waals surface area contributed by atoms with E-state index in [1.807, 2.05) is 0 Å². The Balaban J connectivity index is 1.31. The van der Waals surface area contributed by atoms with Crippen LogP contribution in [-0.4, -0.2) is 18.2 Å². The fourth-order valence-electron chi connectivity index (χ4n) is 5.66. The lowest BCUT2D eigenvalue weighted by Crippen LogP contribution is -2.33. The van der Waals surface area contributed by atoms with Crippen molar-refractivity contribution < 1.29 is 14.3 Å². The van der Waals surface area contributed by atoms with E-state index in [2.05, 4.69) is 98.5 Å². The number of esters is 1. The second-order valence-electron chi connectivity index (χ2n) is 10.5. The van der Waals surface area contributed by atoms with Crippen LogP contribution in [0, 0.1) is 31.6 Å². The first kappa shape index (κ1) is 26.4. The van der Waals surface area contributed by atoms with Crippen molar-refractivity contribution in [2.75, 3.05) is 6.61 Å². The van der Waals surface area contributed by atoms with Crippen molar-refractivity contribution in [3.63, 3.8) is 0 Å². The van der Waals surface area contributed by atoms with Crippen LogP contribution in [0.25, 0.3) is 0 Å². The summed E-state index contributed by atoms with van der Waals surface area (Å²) >= 11 is 0. The van der Waals surface area contributed by atoms with E-state index in [1.54, 1.807) is 0 Å². The van der Waals surface area contributed by atoms with Gasteiger partial charge in [0.05, 0.1) is 10.9 Å². The molecule has 0 unspecified atom stereocenters. The Hall–Kier alpha value is -3.16. The molecule has 0 spiro atoms. The van der Waals surface area contributed by atoms with Crippen molar-refractivity contribution >= 4 is 16.9 Å². The minimum Gasteiger partial charge on any atom is -0.481 e. The molecule has 38 heavy (non-hydrogen) atoms. The SMILES string of the molecule is Cc1cc([S+](c2ccccc2)c2ccccc2)cc(C)c1OCC(=O)OC1(C#CC2CCCC2)CCCC1. The number of carbonyl (C=O) groups excluding carboxylic acids is 1. The highest BCUT2D eigenvalue weighted by Crippen LogP contribution is 2.36. The normalized spacial score (nSPS) is 16.7. The molecule has 2 saturated carbocycles. The van der Waals surface area contributed by atoms with E-state index in [4.69, 9.17) is 9.47 Å². The average Bonchev–Trinajstić information content (AvgIpc) is 3.61. The van der Waals surface area contributed by atoms with Gasteiger partial charge in [0.1, 0.15) is 5.75 Å². The van der Waals surface area contributed by atoms with Gasteiger partial charge in [-0.25, -0.2) is 4.79 Å². The van der Waals surface area contributed by atoms with Crippen LogP contribution in [0.3, 0.4) is 0 Å². The lowest BCUT2D eigenvalue weighted by atomic mass is 10.0. The smallest absolute Gasteiger partial charge is 0.345 e. The third kappa shape index (κ3) is 6.27. The predicted octanol–water partition coefficient (Wildman–Crippen LogP) is 7.83. The molecule has 0 atom stereocenters. The quantitative estimate of drug-likeness (QED) is 0.179. The fraction of sp³-hybridized carbons (Fsp3) is 0.382. The molecule has 0 saturated heterocycles. The first-order chi connectivity index (χ1) is 18.5. The number of hydrogen-bond acceptors (Lipinski definition) is 3. The number of hydrogen-bond donors (Lipinski definition) is 0. The second-order valence-corrected chi connectivity index (χ2v) is 12.6. The van der Waals surface area contributed by atoms with Crippen molar-refractivity contribution in [2.24, 2.45) is 5.92 Å². The van der Waals surface area contributed by atoms with Crippen LogP contribution in [-0.2, 0) is 20.4 Å². The average molecular weight is 526 g/mol. The summed E-state index contributed by atoms with van der Waals surface area (Å²) in [6, 6.07) is 25.6. The molecule has 0 heterocycles. The Morgan fingerprint density at radius 2 is 1.39 bits per heavy atom. The van der Waals surface area contributed by atoms with E-state index < -0.39 is 5.60 Å². The van der Waals surface area contributed by atoms with Gasteiger partial charge in [-0.3, -0.25) is 0 Å². The van der Waals surface area contributed by atoms with Crippen LogP contribution in [0.2, 0.25) is 0 Å². The molecule has 0 radical (unpaired) electrons. The maximum absolute atomic E-state index is 12.9. The van der Waals surface area contributed by atoms with Crippen molar-refractivity contribution in [1.29, 1.82) is 0 Å². The summed E-state index contributed by atoms with van der Waals surface area (Å²) in [6.45, 7) is 4.01. The van der Waals surface area contributed by atoms with Crippen LogP contribution in [0.1, 0.15) is 62.5 Å². The Labute approximate surface area is 230 Å². The van der Waals surface area contributed by atoms with Crippen LogP contribution >= 0.6 is 0 Å². The highest BCUT2D eigenvalue weighted by molar-refractivity contribution is 7.97. The van der Waals surface area contributed by atoms with Gasteiger partial charge >= 0.3 is 5.97 Å². The molecule has 4 heteroatoms. The molecule has 3 aromatic rings. The zero-order valence-electron chi connectivity index (χ0n) is 22.5. The van der Waals surface area contributed by atoms with Gasteiger partial charge in [-0.05, 0) is 87.8 Å². The minimum absolute atomic E-state index is 0.100. The second kappa shape index (κ2) is 12.1. The number of carbonyl (C=O) groups is 1. The molecule has 0 amide bonds. The first-order valence-corrected chi connectivity index (χ1v) is 15.1. The summed E-state index contributed by atoms with van der Waals surface area (Å²) < 4.78 is 12.1. The zero-order chi connectivity index (χ0) is 26.4. The van der Waals surface area contributed by atoms with E-state index in [1.165, 1.54) is 40.4 Å². The van der Waals surface area contributed by atoms with Gasteiger partial charge in [-0.15, -0.1) is 0 Å². The topological polar surface area (TPSA) is 35.5 Å².